The topological polar surface area (TPSA) is 50.8 Å². The molecule has 2 heterocycles. The minimum atomic E-state index is -0.234. The molecule has 2 atom stereocenters. The molecule has 0 radical (unpaired) electrons. The van der Waals surface area contributed by atoms with Crippen LogP contribution >= 0.6 is 12.4 Å². The molecule has 1 N–H and O–H groups in total. The lowest BCUT2D eigenvalue weighted by molar-refractivity contribution is -0.125. The summed E-state index contributed by atoms with van der Waals surface area (Å²) in [5, 5.41) is 3.09. The van der Waals surface area contributed by atoms with Crippen LogP contribution in [0, 0.1) is 5.92 Å². The Morgan fingerprint density at radius 1 is 1.36 bits per heavy atom. The summed E-state index contributed by atoms with van der Waals surface area (Å²) in [5.74, 6) is 1.54. The van der Waals surface area contributed by atoms with Crippen molar-refractivity contribution in [2.45, 2.75) is 32.4 Å². The van der Waals surface area contributed by atoms with Gasteiger partial charge < -0.3 is 14.8 Å². The number of halogens is 1. The third-order valence-electron chi connectivity index (χ3n) is 4.49. The molecule has 0 fully saturated rings. The molecule has 2 aliphatic heterocycles. The SMILES string of the molecule is COc1ccc2c(c1)C1=CC(C(=O)NC(C)(C)C)CN(C)C1CO2.Cl. The van der Waals surface area contributed by atoms with Gasteiger partial charge in [-0.05, 0) is 51.6 Å². The van der Waals surface area contributed by atoms with E-state index in [0.717, 1.165) is 22.6 Å². The van der Waals surface area contributed by atoms with Gasteiger partial charge in [0.2, 0.25) is 5.91 Å². The minimum Gasteiger partial charge on any atom is -0.497 e. The first-order valence-corrected chi connectivity index (χ1v) is 8.33. The maximum absolute atomic E-state index is 12.6. The van der Waals surface area contributed by atoms with Crippen molar-refractivity contribution >= 4 is 23.9 Å². The first-order valence-electron chi connectivity index (χ1n) is 8.33. The van der Waals surface area contributed by atoms with Crippen LogP contribution in [0.15, 0.2) is 24.3 Å². The van der Waals surface area contributed by atoms with Crippen LogP contribution in [-0.2, 0) is 4.79 Å². The molecule has 5 nitrogen and oxygen atoms in total. The zero-order valence-corrected chi connectivity index (χ0v) is 16.3. The summed E-state index contributed by atoms with van der Waals surface area (Å²) in [4.78, 5) is 14.8. The highest BCUT2D eigenvalue weighted by Crippen LogP contribution is 2.40. The van der Waals surface area contributed by atoms with Crippen LogP contribution in [0.3, 0.4) is 0 Å². The molecule has 0 aromatic heterocycles. The lowest BCUT2D eigenvalue weighted by Crippen LogP contribution is -2.51. The van der Waals surface area contributed by atoms with Crippen molar-refractivity contribution in [1.82, 2.24) is 10.2 Å². The van der Waals surface area contributed by atoms with E-state index in [1.807, 2.05) is 46.0 Å². The number of hydrogen-bond donors (Lipinski definition) is 1. The number of ether oxygens (including phenoxy) is 2. The van der Waals surface area contributed by atoms with E-state index in [1.54, 1.807) is 7.11 Å². The number of amides is 1. The van der Waals surface area contributed by atoms with Gasteiger partial charge in [0.05, 0.1) is 19.1 Å². The van der Waals surface area contributed by atoms with E-state index in [2.05, 4.69) is 16.3 Å². The van der Waals surface area contributed by atoms with Crippen LogP contribution in [-0.4, -0.2) is 49.7 Å². The van der Waals surface area contributed by atoms with Gasteiger partial charge in [-0.25, -0.2) is 0 Å². The van der Waals surface area contributed by atoms with Gasteiger partial charge in [-0.2, -0.15) is 0 Å². The van der Waals surface area contributed by atoms with Gasteiger partial charge in [-0.3, -0.25) is 9.69 Å². The van der Waals surface area contributed by atoms with E-state index in [-0.39, 0.29) is 35.8 Å². The Morgan fingerprint density at radius 2 is 2.08 bits per heavy atom. The number of benzene rings is 1. The Bertz CT molecular complexity index is 682. The average molecular weight is 367 g/mol. The number of carbonyl (C=O) groups is 1. The summed E-state index contributed by atoms with van der Waals surface area (Å²) in [7, 11) is 3.70. The van der Waals surface area contributed by atoms with E-state index >= 15 is 0 Å². The average Bonchev–Trinajstić information content (AvgIpc) is 2.52. The Morgan fingerprint density at radius 3 is 2.72 bits per heavy atom. The maximum atomic E-state index is 12.6. The quantitative estimate of drug-likeness (QED) is 0.874. The van der Waals surface area contributed by atoms with Crippen molar-refractivity contribution in [1.29, 1.82) is 0 Å². The van der Waals surface area contributed by atoms with Gasteiger partial charge in [-0.1, -0.05) is 6.08 Å². The number of carbonyl (C=O) groups excluding carboxylic acids is 1. The Kier molecular flexibility index (Phi) is 5.69. The highest BCUT2D eigenvalue weighted by atomic mass is 35.5. The van der Waals surface area contributed by atoms with Crippen molar-refractivity contribution in [3.63, 3.8) is 0 Å². The number of likely N-dealkylation sites (N-methyl/N-ethyl adjacent to an activating group) is 1. The summed E-state index contributed by atoms with van der Waals surface area (Å²) in [6, 6.07) is 5.99. The first-order chi connectivity index (χ1) is 11.3. The van der Waals surface area contributed by atoms with Gasteiger partial charge >= 0.3 is 0 Å². The van der Waals surface area contributed by atoms with E-state index in [0.29, 0.717) is 13.2 Å². The molecule has 1 aromatic carbocycles. The number of fused-ring (bicyclic) bond motifs is 3. The summed E-state index contributed by atoms with van der Waals surface area (Å²) in [6.45, 7) is 7.31. The van der Waals surface area contributed by atoms with Crippen molar-refractivity contribution in [2.75, 3.05) is 27.3 Å². The monoisotopic (exact) mass is 366 g/mol. The molecular weight excluding hydrogens is 340 g/mol. The zero-order valence-electron chi connectivity index (χ0n) is 15.5. The molecule has 138 valence electrons. The van der Waals surface area contributed by atoms with E-state index in [4.69, 9.17) is 9.47 Å². The summed E-state index contributed by atoms with van der Waals surface area (Å²) in [5.41, 5.74) is 1.94. The molecule has 3 rings (SSSR count). The third kappa shape index (κ3) is 4.10. The van der Waals surface area contributed by atoms with Crippen LogP contribution in [0.5, 0.6) is 11.5 Å². The van der Waals surface area contributed by atoms with Crippen molar-refractivity contribution in [3.05, 3.63) is 29.8 Å². The lowest BCUT2D eigenvalue weighted by atomic mass is 9.86. The largest absolute Gasteiger partial charge is 0.497 e. The third-order valence-corrected chi connectivity index (χ3v) is 4.49. The second-order valence-electron chi connectivity index (χ2n) is 7.60. The molecular formula is C19H27ClN2O3. The number of rotatable bonds is 2. The van der Waals surface area contributed by atoms with Gasteiger partial charge in [-0.15, -0.1) is 12.4 Å². The fraction of sp³-hybridized carbons (Fsp3) is 0.526. The summed E-state index contributed by atoms with van der Waals surface area (Å²) >= 11 is 0. The van der Waals surface area contributed by atoms with Crippen LogP contribution in [0.2, 0.25) is 0 Å². The van der Waals surface area contributed by atoms with E-state index < -0.39 is 0 Å². The maximum Gasteiger partial charge on any atom is 0.228 e. The minimum absolute atomic E-state index is 0. The summed E-state index contributed by atoms with van der Waals surface area (Å²) in [6.07, 6.45) is 2.10. The molecule has 1 aromatic rings. The molecule has 6 heteroatoms. The molecule has 0 aliphatic carbocycles. The Balaban J connectivity index is 0.00000225. The predicted octanol–water partition coefficient (Wildman–Crippen LogP) is 2.74. The van der Waals surface area contributed by atoms with Gasteiger partial charge in [0, 0.05) is 17.6 Å². The van der Waals surface area contributed by atoms with Crippen molar-refractivity contribution < 1.29 is 14.3 Å². The van der Waals surface area contributed by atoms with E-state index in [1.165, 1.54) is 0 Å². The van der Waals surface area contributed by atoms with E-state index in [9.17, 15) is 4.79 Å². The molecule has 0 saturated carbocycles. The number of methoxy groups -OCH3 is 1. The molecule has 2 unspecified atom stereocenters. The number of hydrogen-bond acceptors (Lipinski definition) is 4. The smallest absolute Gasteiger partial charge is 0.228 e. The lowest BCUT2D eigenvalue weighted by Gasteiger charge is -2.40. The zero-order chi connectivity index (χ0) is 17.5. The van der Waals surface area contributed by atoms with Crippen LogP contribution in [0.1, 0.15) is 26.3 Å². The molecule has 1 amide bonds. The number of nitrogens with zero attached hydrogens (tertiary/aromatic N) is 1. The van der Waals surface area contributed by atoms with Crippen LogP contribution < -0.4 is 14.8 Å². The molecule has 0 saturated heterocycles. The van der Waals surface area contributed by atoms with Crippen molar-refractivity contribution in [2.24, 2.45) is 5.92 Å². The number of nitrogens with one attached hydrogen (secondary N) is 1. The second-order valence-corrected chi connectivity index (χ2v) is 7.60. The Hall–Kier alpha value is -1.72. The molecule has 2 aliphatic rings. The molecule has 25 heavy (non-hydrogen) atoms. The van der Waals surface area contributed by atoms with Gasteiger partial charge in [0.25, 0.3) is 0 Å². The van der Waals surface area contributed by atoms with Gasteiger partial charge in [0.15, 0.2) is 0 Å². The summed E-state index contributed by atoms with van der Waals surface area (Å²) < 4.78 is 11.3. The standard InChI is InChI=1S/C19H26N2O3.ClH/c1-19(2,3)20-18(22)12-8-14-15-9-13(23-5)6-7-17(15)24-11-16(14)21(4)10-12;/h6-9,12,16H,10-11H2,1-5H3,(H,20,22);1H. The fourth-order valence-electron chi connectivity index (χ4n) is 3.32. The Labute approximate surface area is 155 Å². The second kappa shape index (κ2) is 7.26. The normalized spacial score (nSPS) is 22.5. The van der Waals surface area contributed by atoms with Gasteiger partial charge in [0.1, 0.15) is 18.1 Å². The van der Waals surface area contributed by atoms with Crippen molar-refractivity contribution in [3.8, 4) is 11.5 Å². The van der Waals surface area contributed by atoms with Crippen LogP contribution in [0.25, 0.3) is 5.57 Å². The fourth-order valence-corrected chi connectivity index (χ4v) is 3.32. The highest BCUT2D eigenvalue weighted by Gasteiger charge is 2.36. The molecule has 0 spiro atoms. The molecule has 0 bridgehead atoms. The predicted molar refractivity (Wildman–Crippen MR) is 102 cm³/mol. The van der Waals surface area contributed by atoms with Crippen LogP contribution in [0.4, 0.5) is 0 Å². The first kappa shape index (κ1) is 19.6. The highest BCUT2D eigenvalue weighted by molar-refractivity contribution is 5.87.